The number of benzene rings is 2. The van der Waals surface area contributed by atoms with Crippen molar-refractivity contribution in [3.05, 3.63) is 42.0 Å². The largest absolute Gasteiger partial charge is 0.516 e. The maximum atomic E-state index is 12.7. The van der Waals surface area contributed by atoms with Gasteiger partial charge in [-0.25, -0.2) is 4.31 Å². The standard InChI is InChI=1S/C16H16F3NO4S/c1-11(21)20(25(22,23)16(17,18)19)9-8-13-5-3-4-12-6-7-14(24-2)10-15(12)13/h3-7,10H,8-9H2,1-2H3. The number of carbonyl (C=O) groups excluding carboxylic acids is 1. The number of hydrogen-bond donors (Lipinski definition) is 0. The molecule has 0 fully saturated rings. The van der Waals surface area contributed by atoms with Gasteiger partial charge in [0.15, 0.2) is 0 Å². The lowest BCUT2D eigenvalue weighted by atomic mass is 10.0. The van der Waals surface area contributed by atoms with Gasteiger partial charge in [-0.2, -0.15) is 21.6 Å². The molecule has 2 aromatic rings. The summed E-state index contributed by atoms with van der Waals surface area (Å²) in [5, 5.41) is 1.54. The van der Waals surface area contributed by atoms with E-state index in [1.807, 2.05) is 6.07 Å². The third-order valence-corrected chi connectivity index (χ3v) is 5.30. The fourth-order valence-corrected chi connectivity index (χ4v) is 3.38. The number of nitrogens with zero attached hydrogens (tertiary/aromatic N) is 1. The number of sulfonamides is 1. The summed E-state index contributed by atoms with van der Waals surface area (Å²) in [5.41, 5.74) is -4.92. The van der Waals surface area contributed by atoms with Crippen molar-refractivity contribution >= 4 is 26.7 Å². The number of rotatable bonds is 5. The Labute approximate surface area is 143 Å². The van der Waals surface area contributed by atoms with Gasteiger partial charge in [-0.05, 0) is 34.9 Å². The average molecular weight is 375 g/mol. The molecule has 0 heterocycles. The fraction of sp³-hybridized carbons (Fsp3) is 0.312. The topological polar surface area (TPSA) is 63.7 Å². The van der Waals surface area contributed by atoms with Crippen molar-refractivity contribution in [1.82, 2.24) is 4.31 Å². The number of alkyl halides is 3. The van der Waals surface area contributed by atoms with Crippen LogP contribution >= 0.6 is 0 Å². The van der Waals surface area contributed by atoms with Crippen molar-refractivity contribution in [2.45, 2.75) is 18.9 Å². The second kappa shape index (κ2) is 6.91. The lowest BCUT2D eigenvalue weighted by Gasteiger charge is -2.22. The zero-order valence-corrected chi connectivity index (χ0v) is 14.3. The van der Waals surface area contributed by atoms with E-state index in [0.717, 1.165) is 17.7 Å². The quantitative estimate of drug-likeness (QED) is 0.806. The van der Waals surface area contributed by atoms with Crippen molar-refractivity contribution in [2.75, 3.05) is 13.7 Å². The minimum Gasteiger partial charge on any atom is -0.497 e. The second-order valence-electron chi connectivity index (χ2n) is 5.30. The highest BCUT2D eigenvalue weighted by molar-refractivity contribution is 7.90. The van der Waals surface area contributed by atoms with Gasteiger partial charge in [0.2, 0.25) is 5.91 Å². The number of carbonyl (C=O) groups is 1. The first kappa shape index (κ1) is 19.0. The van der Waals surface area contributed by atoms with Gasteiger partial charge in [0.25, 0.3) is 0 Å². The van der Waals surface area contributed by atoms with Gasteiger partial charge in [0.05, 0.1) is 7.11 Å². The first-order valence-corrected chi connectivity index (χ1v) is 8.67. The van der Waals surface area contributed by atoms with Crippen LogP contribution in [0.3, 0.4) is 0 Å². The van der Waals surface area contributed by atoms with Gasteiger partial charge < -0.3 is 4.74 Å². The van der Waals surface area contributed by atoms with E-state index in [1.54, 1.807) is 30.3 Å². The smallest absolute Gasteiger partial charge is 0.497 e. The molecule has 9 heteroatoms. The molecular formula is C16H16F3NO4S. The molecule has 136 valence electrons. The zero-order valence-electron chi connectivity index (χ0n) is 13.5. The Bertz CT molecular complexity index is 894. The van der Waals surface area contributed by atoms with E-state index >= 15 is 0 Å². The lowest BCUT2D eigenvalue weighted by molar-refractivity contribution is -0.125. The van der Waals surface area contributed by atoms with E-state index in [0.29, 0.717) is 11.3 Å². The molecule has 25 heavy (non-hydrogen) atoms. The number of amides is 1. The summed E-state index contributed by atoms with van der Waals surface area (Å²) >= 11 is 0. The molecule has 0 radical (unpaired) electrons. The minimum atomic E-state index is -5.71. The average Bonchev–Trinajstić information content (AvgIpc) is 2.53. The van der Waals surface area contributed by atoms with Crippen LogP contribution in [0, 0.1) is 0 Å². The number of methoxy groups -OCH3 is 1. The van der Waals surface area contributed by atoms with E-state index in [2.05, 4.69) is 0 Å². The molecule has 0 spiro atoms. The van der Waals surface area contributed by atoms with Gasteiger partial charge in [0, 0.05) is 13.5 Å². The molecule has 1 amide bonds. The summed E-state index contributed by atoms with van der Waals surface area (Å²) in [5.74, 6) is -0.624. The fourth-order valence-electron chi connectivity index (χ4n) is 2.46. The molecule has 0 aliphatic rings. The Kier molecular flexibility index (Phi) is 5.26. The highest BCUT2D eigenvalue weighted by Gasteiger charge is 2.50. The van der Waals surface area contributed by atoms with E-state index < -0.39 is 28.0 Å². The summed E-state index contributed by atoms with van der Waals surface area (Å²) in [6.45, 7) is 0.183. The summed E-state index contributed by atoms with van der Waals surface area (Å²) < 4.78 is 66.2. The summed E-state index contributed by atoms with van der Waals surface area (Å²) in [6.07, 6.45) is -0.0562. The van der Waals surface area contributed by atoms with Crippen molar-refractivity contribution in [2.24, 2.45) is 0 Å². The summed E-state index contributed by atoms with van der Waals surface area (Å²) in [6, 6.07) is 10.4. The van der Waals surface area contributed by atoms with Gasteiger partial charge in [-0.15, -0.1) is 0 Å². The molecule has 2 aromatic carbocycles. The van der Waals surface area contributed by atoms with Gasteiger partial charge in [-0.3, -0.25) is 4.79 Å². The van der Waals surface area contributed by atoms with E-state index in [4.69, 9.17) is 4.74 Å². The molecule has 0 N–H and O–H groups in total. The molecule has 0 aromatic heterocycles. The van der Waals surface area contributed by atoms with E-state index in [1.165, 1.54) is 7.11 Å². The molecule has 0 bridgehead atoms. The van der Waals surface area contributed by atoms with Crippen LogP contribution in [0.4, 0.5) is 13.2 Å². The molecule has 5 nitrogen and oxygen atoms in total. The second-order valence-corrected chi connectivity index (χ2v) is 7.15. The van der Waals surface area contributed by atoms with E-state index in [9.17, 15) is 26.4 Å². The zero-order chi connectivity index (χ0) is 18.8. The highest BCUT2D eigenvalue weighted by Crippen LogP contribution is 2.28. The number of fused-ring (bicyclic) bond motifs is 1. The van der Waals surface area contributed by atoms with Gasteiger partial charge in [0.1, 0.15) is 5.75 Å². The third-order valence-electron chi connectivity index (χ3n) is 3.70. The molecule has 0 aliphatic carbocycles. The molecule has 0 saturated heterocycles. The molecule has 0 saturated carbocycles. The molecule has 0 atom stereocenters. The van der Waals surface area contributed by atoms with Crippen molar-refractivity contribution in [3.63, 3.8) is 0 Å². The SMILES string of the molecule is COc1ccc2cccc(CCN(C(C)=O)S(=O)(=O)C(F)(F)F)c2c1. The van der Waals surface area contributed by atoms with Crippen LogP contribution in [-0.4, -0.2) is 37.8 Å². The Balaban J connectivity index is 2.36. The molecule has 2 rings (SSSR count). The summed E-state index contributed by atoms with van der Waals surface area (Å²) in [4.78, 5) is 11.4. The summed E-state index contributed by atoms with van der Waals surface area (Å²) in [7, 11) is -4.23. The number of halogens is 3. The van der Waals surface area contributed by atoms with Crippen LogP contribution in [-0.2, 0) is 21.2 Å². The molecular weight excluding hydrogens is 359 g/mol. The third kappa shape index (κ3) is 3.87. The Morgan fingerprint density at radius 1 is 1.20 bits per heavy atom. The van der Waals surface area contributed by atoms with Crippen LogP contribution < -0.4 is 4.74 Å². The van der Waals surface area contributed by atoms with Crippen LogP contribution in [0.15, 0.2) is 36.4 Å². The lowest BCUT2D eigenvalue weighted by Crippen LogP contribution is -2.44. The van der Waals surface area contributed by atoms with Gasteiger partial charge in [-0.1, -0.05) is 24.3 Å². The molecule has 0 unspecified atom stereocenters. The monoisotopic (exact) mass is 375 g/mol. The predicted octanol–water partition coefficient (Wildman–Crippen LogP) is 3.09. The van der Waals surface area contributed by atoms with Crippen LogP contribution in [0.1, 0.15) is 12.5 Å². The van der Waals surface area contributed by atoms with Crippen molar-refractivity contribution < 1.29 is 31.1 Å². The van der Waals surface area contributed by atoms with E-state index in [-0.39, 0.29) is 10.7 Å². The highest BCUT2D eigenvalue weighted by atomic mass is 32.2. The maximum Gasteiger partial charge on any atom is 0.516 e. The molecule has 0 aliphatic heterocycles. The Hall–Kier alpha value is -2.29. The van der Waals surface area contributed by atoms with Crippen LogP contribution in [0.5, 0.6) is 5.75 Å². The normalized spacial score (nSPS) is 12.2. The number of hydrogen-bond acceptors (Lipinski definition) is 4. The number of ether oxygens (including phenoxy) is 1. The first-order valence-electron chi connectivity index (χ1n) is 7.23. The minimum absolute atomic E-state index is 0.0562. The Morgan fingerprint density at radius 3 is 2.44 bits per heavy atom. The van der Waals surface area contributed by atoms with Crippen LogP contribution in [0.25, 0.3) is 10.8 Å². The maximum absolute atomic E-state index is 12.7. The first-order chi connectivity index (χ1) is 11.6. The van der Waals surface area contributed by atoms with Gasteiger partial charge >= 0.3 is 15.5 Å². The van der Waals surface area contributed by atoms with Crippen LogP contribution in [0.2, 0.25) is 0 Å². The predicted molar refractivity (Wildman–Crippen MR) is 86.6 cm³/mol. The van der Waals surface area contributed by atoms with Crippen molar-refractivity contribution in [3.8, 4) is 5.75 Å². The Morgan fingerprint density at radius 2 is 1.88 bits per heavy atom. The van der Waals surface area contributed by atoms with Crippen molar-refractivity contribution in [1.29, 1.82) is 0 Å².